The van der Waals surface area contributed by atoms with Crippen LogP contribution in [0.25, 0.3) is 0 Å². The van der Waals surface area contributed by atoms with Crippen LogP contribution in [0.1, 0.15) is 31.2 Å². The summed E-state index contributed by atoms with van der Waals surface area (Å²) in [5.74, 6) is 0.234. The Balaban J connectivity index is 1.42. The Hall–Kier alpha value is -2.08. The molecule has 1 heterocycles. The standard InChI is InChI=1S/C23H31ClF3N3O5/c1-28-21(29-22(32)19-5-3-14-9-16(24)4-6-18(14)34-19)7-8-30(2)12-20(33-13-31)15-10-17(11-15)35-23(25,26)27/h4,6,9,13,15,17,19-21,28H,3,5,7-8,10-12H2,1-2H3,(H,29,32). The third-order valence-electron chi connectivity index (χ3n) is 6.40. The monoisotopic (exact) mass is 521 g/mol. The van der Waals surface area contributed by atoms with Gasteiger partial charge in [0.2, 0.25) is 0 Å². The normalized spacial score (nSPS) is 23.5. The fourth-order valence-electron chi connectivity index (χ4n) is 4.41. The number of hydrogen-bond donors (Lipinski definition) is 2. The highest BCUT2D eigenvalue weighted by molar-refractivity contribution is 6.30. The van der Waals surface area contributed by atoms with Gasteiger partial charge in [-0.15, -0.1) is 13.2 Å². The van der Waals surface area contributed by atoms with Crippen molar-refractivity contribution < 1.29 is 37.0 Å². The Bertz CT molecular complexity index is 869. The van der Waals surface area contributed by atoms with E-state index in [1.54, 1.807) is 19.2 Å². The molecule has 1 amide bonds. The molecule has 2 aliphatic rings. The summed E-state index contributed by atoms with van der Waals surface area (Å²) in [6, 6.07) is 5.33. The van der Waals surface area contributed by atoms with E-state index in [-0.39, 0.29) is 30.8 Å². The second-order valence-corrected chi connectivity index (χ2v) is 9.42. The van der Waals surface area contributed by atoms with Crippen molar-refractivity contribution in [3.05, 3.63) is 28.8 Å². The van der Waals surface area contributed by atoms with E-state index in [9.17, 15) is 22.8 Å². The summed E-state index contributed by atoms with van der Waals surface area (Å²) in [7, 11) is 3.56. The minimum atomic E-state index is -4.67. The van der Waals surface area contributed by atoms with Gasteiger partial charge in [0.25, 0.3) is 12.4 Å². The summed E-state index contributed by atoms with van der Waals surface area (Å²) in [5.41, 5.74) is 0.975. The van der Waals surface area contributed by atoms with Crippen LogP contribution in [0, 0.1) is 5.92 Å². The van der Waals surface area contributed by atoms with Crippen molar-refractivity contribution in [2.45, 2.75) is 62.9 Å². The zero-order valence-electron chi connectivity index (χ0n) is 19.6. The van der Waals surface area contributed by atoms with Crippen LogP contribution < -0.4 is 15.4 Å². The maximum Gasteiger partial charge on any atom is 0.522 e. The number of fused-ring (bicyclic) bond motifs is 1. The van der Waals surface area contributed by atoms with Gasteiger partial charge >= 0.3 is 6.36 Å². The highest BCUT2D eigenvalue weighted by Gasteiger charge is 2.43. The average Bonchev–Trinajstić information content (AvgIpc) is 2.77. The Labute approximate surface area is 207 Å². The topological polar surface area (TPSA) is 89.1 Å². The van der Waals surface area contributed by atoms with E-state index in [1.807, 2.05) is 18.0 Å². The largest absolute Gasteiger partial charge is 0.522 e. The van der Waals surface area contributed by atoms with Gasteiger partial charge in [-0.1, -0.05) is 11.6 Å². The maximum atomic E-state index is 12.8. The van der Waals surface area contributed by atoms with E-state index in [2.05, 4.69) is 15.4 Å². The number of ether oxygens (including phenoxy) is 3. The van der Waals surface area contributed by atoms with Crippen LogP contribution in [-0.2, 0) is 25.5 Å². The molecule has 1 aromatic rings. The van der Waals surface area contributed by atoms with Gasteiger partial charge in [0.1, 0.15) is 11.9 Å². The van der Waals surface area contributed by atoms with Crippen LogP contribution in [0.2, 0.25) is 5.02 Å². The molecule has 1 aliphatic heterocycles. The van der Waals surface area contributed by atoms with E-state index in [1.165, 1.54) is 0 Å². The van der Waals surface area contributed by atoms with Crippen LogP contribution in [0.15, 0.2) is 18.2 Å². The summed E-state index contributed by atoms with van der Waals surface area (Å²) < 4.78 is 52.0. The van der Waals surface area contributed by atoms with Gasteiger partial charge in [0.05, 0.1) is 12.3 Å². The summed E-state index contributed by atoms with van der Waals surface area (Å²) in [6.45, 7) is 1.23. The first-order valence-electron chi connectivity index (χ1n) is 11.5. The number of rotatable bonds is 12. The number of nitrogens with one attached hydrogen (secondary N) is 2. The number of carbonyl (C=O) groups excluding carboxylic acids is 2. The van der Waals surface area contributed by atoms with Crippen molar-refractivity contribution in [1.82, 2.24) is 15.5 Å². The first kappa shape index (κ1) is 27.5. The molecule has 3 rings (SSSR count). The quantitative estimate of drug-likeness (QED) is 0.323. The van der Waals surface area contributed by atoms with Gasteiger partial charge in [0, 0.05) is 24.0 Å². The van der Waals surface area contributed by atoms with Crippen molar-refractivity contribution >= 4 is 24.0 Å². The van der Waals surface area contributed by atoms with Crippen LogP contribution in [-0.4, -0.2) is 75.3 Å². The zero-order valence-corrected chi connectivity index (χ0v) is 20.4. The predicted octanol–water partition coefficient (Wildman–Crippen LogP) is 2.87. The van der Waals surface area contributed by atoms with Crippen LogP contribution in [0.4, 0.5) is 13.2 Å². The molecule has 1 aliphatic carbocycles. The lowest BCUT2D eigenvalue weighted by Gasteiger charge is -2.40. The fourth-order valence-corrected chi connectivity index (χ4v) is 4.61. The lowest BCUT2D eigenvalue weighted by molar-refractivity contribution is -0.356. The van der Waals surface area contributed by atoms with E-state index in [4.69, 9.17) is 21.1 Å². The Morgan fingerprint density at radius 2 is 2.11 bits per heavy atom. The van der Waals surface area contributed by atoms with Gasteiger partial charge < -0.3 is 25.0 Å². The minimum absolute atomic E-state index is 0.178. The number of alkyl halides is 3. The molecule has 1 saturated carbocycles. The molecular formula is C23H31ClF3N3O5. The van der Waals surface area contributed by atoms with E-state index in [0.717, 1.165) is 5.56 Å². The molecule has 3 unspecified atom stereocenters. The van der Waals surface area contributed by atoms with Crippen molar-refractivity contribution in [2.24, 2.45) is 5.92 Å². The SMILES string of the molecule is CNC(CCN(C)CC(OC=O)C1CC(OC(F)(F)F)C1)NC(=O)C1CCc2cc(Cl)ccc2O1. The highest BCUT2D eigenvalue weighted by atomic mass is 35.5. The van der Waals surface area contributed by atoms with Gasteiger partial charge in [-0.25, -0.2) is 0 Å². The second-order valence-electron chi connectivity index (χ2n) is 8.99. The molecule has 8 nitrogen and oxygen atoms in total. The number of hydrogen-bond acceptors (Lipinski definition) is 7. The molecule has 3 atom stereocenters. The van der Waals surface area contributed by atoms with Crippen molar-refractivity contribution in [2.75, 3.05) is 27.2 Å². The molecule has 0 bridgehead atoms. The number of aryl methyl sites for hydroxylation is 1. The lowest BCUT2D eigenvalue weighted by atomic mass is 9.78. The summed E-state index contributed by atoms with van der Waals surface area (Å²) >= 11 is 6.01. The van der Waals surface area contributed by atoms with Gasteiger partial charge in [-0.2, -0.15) is 0 Å². The van der Waals surface area contributed by atoms with Gasteiger partial charge in [0.15, 0.2) is 6.10 Å². The highest BCUT2D eigenvalue weighted by Crippen LogP contribution is 2.37. The molecule has 1 fully saturated rings. The van der Waals surface area contributed by atoms with Crippen LogP contribution in [0.5, 0.6) is 5.75 Å². The first-order chi connectivity index (χ1) is 16.6. The van der Waals surface area contributed by atoms with Crippen molar-refractivity contribution in [3.63, 3.8) is 0 Å². The molecule has 12 heteroatoms. The molecule has 196 valence electrons. The zero-order chi connectivity index (χ0) is 25.6. The minimum Gasteiger partial charge on any atom is -0.480 e. The maximum absolute atomic E-state index is 12.8. The smallest absolute Gasteiger partial charge is 0.480 e. The Kier molecular flexibility index (Phi) is 9.62. The molecule has 0 saturated heterocycles. The van der Waals surface area contributed by atoms with Gasteiger partial charge in [-0.3, -0.25) is 14.3 Å². The summed E-state index contributed by atoms with van der Waals surface area (Å²) in [6.07, 6.45) is -4.89. The number of carbonyl (C=O) groups is 2. The predicted molar refractivity (Wildman–Crippen MR) is 122 cm³/mol. The summed E-state index contributed by atoms with van der Waals surface area (Å²) in [4.78, 5) is 25.6. The number of likely N-dealkylation sites (N-methyl/N-ethyl adjacent to an activating group) is 1. The van der Waals surface area contributed by atoms with E-state index >= 15 is 0 Å². The molecule has 0 aromatic heterocycles. The molecule has 0 radical (unpaired) electrons. The second kappa shape index (κ2) is 12.2. The number of nitrogens with zero attached hydrogens (tertiary/aromatic N) is 1. The molecule has 35 heavy (non-hydrogen) atoms. The average molecular weight is 522 g/mol. The van der Waals surface area contributed by atoms with E-state index < -0.39 is 24.7 Å². The van der Waals surface area contributed by atoms with Crippen molar-refractivity contribution in [1.29, 1.82) is 0 Å². The molecule has 2 N–H and O–H groups in total. The molecule has 0 spiro atoms. The third-order valence-corrected chi connectivity index (χ3v) is 6.64. The van der Waals surface area contributed by atoms with E-state index in [0.29, 0.717) is 49.6 Å². The molecular weight excluding hydrogens is 491 g/mol. The Morgan fingerprint density at radius 1 is 1.37 bits per heavy atom. The first-order valence-corrected chi connectivity index (χ1v) is 11.9. The van der Waals surface area contributed by atoms with Crippen LogP contribution >= 0.6 is 11.6 Å². The van der Waals surface area contributed by atoms with Gasteiger partial charge in [-0.05, 0) is 70.0 Å². The number of benzene rings is 1. The van der Waals surface area contributed by atoms with Crippen LogP contribution in [0.3, 0.4) is 0 Å². The third kappa shape index (κ3) is 8.23. The molecule has 1 aromatic carbocycles. The number of amides is 1. The fraction of sp³-hybridized carbons (Fsp3) is 0.652. The number of halogens is 4. The van der Waals surface area contributed by atoms with Crippen molar-refractivity contribution in [3.8, 4) is 5.75 Å². The lowest BCUT2D eigenvalue weighted by Crippen LogP contribution is -2.51. The summed E-state index contributed by atoms with van der Waals surface area (Å²) in [5, 5.41) is 6.64. The Morgan fingerprint density at radius 3 is 2.77 bits per heavy atom.